The van der Waals surface area contributed by atoms with Gasteiger partial charge in [0, 0.05) is 0 Å². The number of hydrogen-bond donors (Lipinski definition) is 0. The van der Waals surface area contributed by atoms with Crippen molar-refractivity contribution < 1.29 is 19.1 Å². The number of ketones is 2. The van der Waals surface area contributed by atoms with E-state index in [2.05, 4.69) is 13.2 Å². The van der Waals surface area contributed by atoms with Crippen LogP contribution in [0.2, 0.25) is 0 Å². The topological polar surface area (TPSA) is 52.6 Å². The number of ether oxygens (including phenoxy) is 2. The molecule has 0 aromatic carbocycles. The number of carbonyl (C=O) groups is 2. The quantitative estimate of drug-likeness (QED) is 0.400. The molecule has 0 saturated carbocycles. The van der Waals surface area contributed by atoms with E-state index in [0.717, 1.165) is 0 Å². The van der Waals surface area contributed by atoms with Crippen LogP contribution in [0, 0.1) is 0 Å². The van der Waals surface area contributed by atoms with E-state index in [1.54, 1.807) is 0 Å². The van der Waals surface area contributed by atoms with Gasteiger partial charge in [0.2, 0.25) is 0 Å². The normalized spacial score (nSPS) is 9.43. The number of hydrogen-bond acceptors (Lipinski definition) is 4. The van der Waals surface area contributed by atoms with Gasteiger partial charge in [0.25, 0.3) is 0 Å². The lowest BCUT2D eigenvalue weighted by Gasteiger charge is -2.02. The van der Waals surface area contributed by atoms with Gasteiger partial charge in [-0.3, -0.25) is 9.59 Å². The molecule has 0 aliphatic carbocycles. The lowest BCUT2D eigenvalue weighted by atomic mass is 10.4. The van der Waals surface area contributed by atoms with Crippen LogP contribution in [0.4, 0.5) is 0 Å². The summed E-state index contributed by atoms with van der Waals surface area (Å²) in [4.78, 5) is 21.3. The van der Waals surface area contributed by atoms with Crippen molar-refractivity contribution in [3.8, 4) is 0 Å². The van der Waals surface area contributed by atoms with Gasteiger partial charge in [-0.2, -0.15) is 0 Å². The van der Waals surface area contributed by atoms with E-state index < -0.39 is 0 Å². The average molecular weight is 198 g/mol. The van der Waals surface area contributed by atoms with E-state index in [1.165, 1.54) is 12.2 Å². The lowest BCUT2D eigenvalue weighted by Crippen LogP contribution is -2.13. The highest BCUT2D eigenvalue weighted by Gasteiger charge is 1.97. The van der Waals surface area contributed by atoms with Gasteiger partial charge in [0.05, 0.1) is 13.2 Å². The number of carbonyl (C=O) groups excluding carboxylic acids is 2. The number of rotatable bonds is 9. The summed E-state index contributed by atoms with van der Waals surface area (Å²) in [6, 6.07) is 0. The molecule has 0 bridgehead atoms. The molecule has 0 aromatic heterocycles. The maximum absolute atomic E-state index is 10.6. The fourth-order valence-electron chi connectivity index (χ4n) is 0.581. The first-order valence-electron chi connectivity index (χ1n) is 4.16. The summed E-state index contributed by atoms with van der Waals surface area (Å²) >= 11 is 0. The second-order valence-electron chi connectivity index (χ2n) is 2.45. The van der Waals surface area contributed by atoms with Crippen LogP contribution in [0.3, 0.4) is 0 Å². The van der Waals surface area contributed by atoms with Gasteiger partial charge in [-0.1, -0.05) is 13.2 Å². The van der Waals surface area contributed by atoms with Gasteiger partial charge < -0.3 is 9.47 Å². The van der Waals surface area contributed by atoms with Crippen molar-refractivity contribution in [2.45, 2.75) is 0 Å². The second-order valence-corrected chi connectivity index (χ2v) is 2.45. The SMILES string of the molecule is C=CC(=O)COCCOCC(=O)C=C. The van der Waals surface area contributed by atoms with E-state index in [9.17, 15) is 9.59 Å². The van der Waals surface area contributed by atoms with Crippen molar-refractivity contribution >= 4 is 11.6 Å². The summed E-state index contributed by atoms with van der Waals surface area (Å²) in [5.41, 5.74) is 0. The van der Waals surface area contributed by atoms with E-state index >= 15 is 0 Å². The van der Waals surface area contributed by atoms with Crippen LogP contribution < -0.4 is 0 Å². The van der Waals surface area contributed by atoms with Crippen molar-refractivity contribution in [1.82, 2.24) is 0 Å². The van der Waals surface area contributed by atoms with Gasteiger partial charge in [-0.15, -0.1) is 0 Å². The molecular weight excluding hydrogens is 184 g/mol. The molecule has 4 nitrogen and oxygen atoms in total. The molecule has 0 heterocycles. The smallest absolute Gasteiger partial charge is 0.180 e. The molecule has 0 aliphatic rings. The first-order chi connectivity index (χ1) is 6.70. The van der Waals surface area contributed by atoms with E-state index in [4.69, 9.17) is 9.47 Å². The van der Waals surface area contributed by atoms with Crippen LogP contribution in [0.25, 0.3) is 0 Å². The Labute approximate surface area is 83.2 Å². The Hall–Kier alpha value is -1.26. The molecule has 0 saturated heterocycles. The highest BCUT2D eigenvalue weighted by Crippen LogP contribution is 1.82. The molecule has 0 rings (SSSR count). The minimum atomic E-state index is -0.174. The molecule has 0 N–H and O–H groups in total. The van der Waals surface area contributed by atoms with Crippen molar-refractivity contribution in [2.24, 2.45) is 0 Å². The van der Waals surface area contributed by atoms with Gasteiger partial charge in [0.15, 0.2) is 11.6 Å². The van der Waals surface area contributed by atoms with Crippen LogP contribution in [0.15, 0.2) is 25.3 Å². The Morgan fingerprint density at radius 1 is 0.929 bits per heavy atom. The lowest BCUT2D eigenvalue weighted by molar-refractivity contribution is -0.122. The molecule has 0 radical (unpaired) electrons. The summed E-state index contributed by atoms with van der Waals surface area (Å²) in [7, 11) is 0. The van der Waals surface area contributed by atoms with E-state index in [1.807, 2.05) is 0 Å². The maximum atomic E-state index is 10.6. The first kappa shape index (κ1) is 12.7. The van der Waals surface area contributed by atoms with Crippen LogP contribution in [-0.2, 0) is 19.1 Å². The zero-order chi connectivity index (χ0) is 10.8. The average Bonchev–Trinajstić information content (AvgIpc) is 2.22. The van der Waals surface area contributed by atoms with Crippen molar-refractivity contribution in [2.75, 3.05) is 26.4 Å². The van der Waals surface area contributed by atoms with E-state index in [0.29, 0.717) is 0 Å². The van der Waals surface area contributed by atoms with Gasteiger partial charge in [-0.25, -0.2) is 0 Å². The van der Waals surface area contributed by atoms with Gasteiger partial charge >= 0.3 is 0 Å². The summed E-state index contributed by atoms with van der Waals surface area (Å²) in [6.45, 7) is 7.15. The zero-order valence-electron chi connectivity index (χ0n) is 8.03. The zero-order valence-corrected chi connectivity index (χ0v) is 8.03. The third-order valence-corrected chi connectivity index (χ3v) is 1.32. The summed E-state index contributed by atoms with van der Waals surface area (Å²) < 4.78 is 9.84. The summed E-state index contributed by atoms with van der Waals surface area (Å²) in [5, 5.41) is 0. The molecule has 78 valence electrons. The molecule has 0 atom stereocenters. The Balaban J connectivity index is 3.21. The molecule has 0 aliphatic heterocycles. The fourth-order valence-corrected chi connectivity index (χ4v) is 0.581. The van der Waals surface area contributed by atoms with Crippen molar-refractivity contribution in [3.63, 3.8) is 0 Å². The molecule has 0 unspecified atom stereocenters. The molecule has 4 heteroatoms. The second kappa shape index (κ2) is 8.34. The predicted octanol–water partition coefficient (Wildman–Crippen LogP) is 0.530. The predicted molar refractivity (Wildman–Crippen MR) is 52.0 cm³/mol. The third-order valence-electron chi connectivity index (χ3n) is 1.32. The Bertz CT molecular complexity index is 196. The van der Waals surface area contributed by atoms with Crippen molar-refractivity contribution in [1.29, 1.82) is 0 Å². The van der Waals surface area contributed by atoms with Crippen LogP contribution in [0.1, 0.15) is 0 Å². The Morgan fingerprint density at radius 3 is 1.57 bits per heavy atom. The largest absolute Gasteiger partial charge is 0.371 e. The standard InChI is InChI=1S/C10H14O4/c1-3-9(11)7-13-5-6-14-8-10(12)4-2/h3-4H,1-2,5-8H2. The highest BCUT2D eigenvalue weighted by molar-refractivity contribution is 5.90. The fraction of sp³-hybridized carbons (Fsp3) is 0.400. The minimum absolute atomic E-state index is 0.00225. The molecule has 0 aromatic rings. The highest BCUT2D eigenvalue weighted by atomic mass is 16.5. The molecule has 0 amide bonds. The first-order valence-corrected chi connectivity index (χ1v) is 4.16. The van der Waals surface area contributed by atoms with Crippen LogP contribution in [0.5, 0.6) is 0 Å². The maximum Gasteiger partial charge on any atom is 0.180 e. The van der Waals surface area contributed by atoms with Gasteiger partial charge in [-0.05, 0) is 12.2 Å². The molecule has 0 fully saturated rings. The molecule has 0 spiro atoms. The summed E-state index contributed by atoms with van der Waals surface area (Å²) in [5.74, 6) is -0.348. The Kier molecular flexibility index (Phi) is 7.59. The Morgan fingerprint density at radius 2 is 1.29 bits per heavy atom. The molecule has 14 heavy (non-hydrogen) atoms. The van der Waals surface area contributed by atoms with E-state index in [-0.39, 0.29) is 38.0 Å². The third kappa shape index (κ3) is 7.39. The van der Waals surface area contributed by atoms with Crippen molar-refractivity contribution in [3.05, 3.63) is 25.3 Å². The molecular formula is C10H14O4. The monoisotopic (exact) mass is 198 g/mol. The van der Waals surface area contributed by atoms with Crippen LogP contribution in [-0.4, -0.2) is 38.0 Å². The summed E-state index contributed by atoms with van der Waals surface area (Å²) in [6.07, 6.45) is 2.39. The van der Waals surface area contributed by atoms with Gasteiger partial charge in [0.1, 0.15) is 13.2 Å². The van der Waals surface area contributed by atoms with Crippen LogP contribution >= 0.6 is 0 Å². The minimum Gasteiger partial charge on any atom is -0.371 e.